The predicted octanol–water partition coefficient (Wildman–Crippen LogP) is -1.46. The molecule has 106 valence electrons. The summed E-state index contributed by atoms with van der Waals surface area (Å²) in [4.78, 5) is 11.4. The molecule has 0 amide bonds. The SMILES string of the molecule is COC(=O)[C@@H]1C[C@H](OS(C)(=O)=O)CN1S(C)(=O)=O. The maximum Gasteiger partial charge on any atom is 0.324 e. The fourth-order valence-electron chi connectivity index (χ4n) is 1.80. The summed E-state index contributed by atoms with van der Waals surface area (Å²) in [6, 6.07) is -1.04. The van der Waals surface area contributed by atoms with Crippen molar-refractivity contribution >= 4 is 26.1 Å². The quantitative estimate of drug-likeness (QED) is 0.461. The third-order valence-electron chi connectivity index (χ3n) is 2.43. The highest BCUT2D eigenvalue weighted by molar-refractivity contribution is 7.88. The highest BCUT2D eigenvalue weighted by Gasteiger charge is 2.44. The third-order valence-corrected chi connectivity index (χ3v) is 4.30. The van der Waals surface area contributed by atoms with E-state index in [0.29, 0.717) is 0 Å². The largest absolute Gasteiger partial charge is 0.468 e. The summed E-state index contributed by atoms with van der Waals surface area (Å²) in [7, 11) is -6.21. The van der Waals surface area contributed by atoms with Crippen LogP contribution >= 0.6 is 0 Å². The molecule has 0 aliphatic carbocycles. The molecule has 0 aromatic heterocycles. The smallest absolute Gasteiger partial charge is 0.324 e. The number of sulfonamides is 1. The Hall–Kier alpha value is -0.710. The van der Waals surface area contributed by atoms with Gasteiger partial charge in [-0.05, 0) is 0 Å². The number of esters is 1. The number of hydrogen-bond donors (Lipinski definition) is 0. The van der Waals surface area contributed by atoms with E-state index >= 15 is 0 Å². The molecule has 1 rings (SSSR count). The van der Waals surface area contributed by atoms with E-state index in [4.69, 9.17) is 4.18 Å². The van der Waals surface area contributed by atoms with Crippen molar-refractivity contribution in [3.05, 3.63) is 0 Å². The van der Waals surface area contributed by atoms with E-state index < -0.39 is 38.3 Å². The first-order valence-corrected chi connectivity index (χ1v) is 8.64. The van der Waals surface area contributed by atoms with Crippen molar-refractivity contribution < 1.29 is 30.6 Å². The zero-order valence-corrected chi connectivity index (χ0v) is 11.8. The van der Waals surface area contributed by atoms with Gasteiger partial charge in [0.1, 0.15) is 6.04 Å². The molecule has 1 heterocycles. The second kappa shape index (κ2) is 5.11. The van der Waals surface area contributed by atoms with Crippen LogP contribution in [-0.2, 0) is 33.9 Å². The summed E-state index contributed by atoms with van der Waals surface area (Å²) in [5.74, 6) is -0.736. The summed E-state index contributed by atoms with van der Waals surface area (Å²) in [6.45, 7) is -0.189. The average molecular weight is 301 g/mol. The van der Waals surface area contributed by atoms with E-state index in [-0.39, 0.29) is 13.0 Å². The summed E-state index contributed by atoms with van der Waals surface area (Å²) in [5.41, 5.74) is 0. The minimum absolute atomic E-state index is 0.0488. The van der Waals surface area contributed by atoms with Crippen LogP contribution in [0.5, 0.6) is 0 Å². The molecule has 1 saturated heterocycles. The topological polar surface area (TPSA) is 107 Å². The lowest BCUT2D eigenvalue weighted by molar-refractivity contribution is -0.144. The van der Waals surface area contributed by atoms with E-state index in [1.807, 2.05) is 0 Å². The number of rotatable bonds is 4. The van der Waals surface area contributed by atoms with Crippen LogP contribution in [0.1, 0.15) is 6.42 Å². The van der Waals surface area contributed by atoms with Crippen LogP contribution in [0.2, 0.25) is 0 Å². The van der Waals surface area contributed by atoms with Gasteiger partial charge in [0, 0.05) is 13.0 Å². The Morgan fingerprint density at radius 1 is 1.22 bits per heavy atom. The van der Waals surface area contributed by atoms with Crippen molar-refractivity contribution in [2.45, 2.75) is 18.6 Å². The Balaban J connectivity index is 2.93. The third kappa shape index (κ3) is 3.90. The van der Waals surface area contributed by atoms with Crippen molar-refractivity contribution in [3.63, 3.8) is 0 Å². The van der Waals surface area contributed by atoms with Crippen LogP contribution in [0, 0.1) is 0 Å². The van der Waals surface area contributed by atoms with Gasteiger partial charge in [-0.1, -0.05) is 0 Å². The molecule has 8 nitrogen and oxygen atoms in total. The molecule has 0 radical (unpaired) electrons. The minimum Gasteiger partial charge on any atom is -0.468 e. The van der Waals surface area contributed by atoms with E-state index in [2.05, 4.69) is 4.74 Å². The Bertz CT molecular complexity index is 524. The van der Waals surface area contributed by atoms with Crippen molar-refractivity contribution in [1.29, 1.82) is 0 Å². The summed E-state index contributed by atoms with van der Waals surface area (Å²) >= 11 is 0. The van der Waals surface area contributed by atoms with Crippen LogP contribution in [0.4, 0.5) is 0 Å². The molecule has 18 heavy (non-hydrogen) atoms. The van der Waals surface area contributed by atoms with Crippen molar-refractivity contribution in [2.24, 2.45) is 0 Å². The first kappa shape index (κ1) is 15.3. The van der Waals surface area contributed by atoms with Crippen LogP contribution in [-0.4, -0.2) is 65.4 Å². The lowest BCUT2D eigenvalue weighted by atomic mass is 10.2. The summed E-state index contributed by atoms with van der Waals surface area (Å²) in [6.07, 6.45) is 0.876. The number of carbonyl (C=O) groups excluding carboxylic acids is 1. The van der Waals surface area contributed by atoms with Crippen LogP contribution in [0.25, 0.3) is 0 Å². The molecular weight excluding hydrogens is 286 g/mol. The Labute approximate surface area is 106 Å². The normalized spacial score (nSPS) is 26.2. The molecule has 1 aliphatic rings. The minimum atomic E-state index is -3.71. The number of nitrogens with zero attached hydrogens (tertiary/aromatic N) is 1. The van der Waals surface area contributed by atoms with E-state index in [9.17, 15) is 21.6 Å². The lowest BCUT2D eigenvalue weighted by Crippen LogP contribution is -2.40. The second-order valence-corrected chi connectivity index (χ2v) is 7.57. The Morgan fingerprint density at radius 2 is 1.78 bits per heavy atom. The highest BCUT2D eigenvalue weighted by atomic mass is 32.2. The zero-order chi connectivity index (χ0) is 14.1. The van der Waals surface area contributed by atoms with Gasteiger partial charge in [0.25, 0.3) is 10.1 Å². The predicted molar refractivity (Wildman–Crippen MR) is 61.7 cm³/mol. The molecule has 1 fully saturated rings. The average Bonchev–Trinajstić information content (AvgIpc) is 2.57. The van der Waals surface area contributed by atoms with Gasteiger partial charge in [0.2, 0.25) is 10.0 Å². The van der Waals surface area contributed by atoms with E-state index in [1.54, 1.807) is 0 Å². The maximum atomic E-state index is 11.5. The molecule has 0 aromatic carbocycles. The first-order chi connectivity index (χ1) is 8.04. The Morgan fingerprint density at radius 3 is 2.17 bits per heavy atom. The molecule has 0 saturated carbocycles. The van der Waals surface area contributed by atoms with Gasteiger partial charge in [0.05, 0.1) is 25.7 Å². The fraction of sp³-hybridized carbons (Fsp3) is 0.875. The number of ether oxygens (including phenoxy) is 1. The van der Waals surface area contributed by atoms with Crippen molar-refractivity contribution in [1.82, 2.24) is 4.31 Å². The maximum absolute atomic E-state index is 11.5. The van der Waals surface area contributed by atoms with E-state index in [0.717, 1.165) is 23.9 Å². The van der Waals surface area contributed by atoms with Gasteiger partial charge >= 0.3 is 5.97 Å². The molecule has 0 aromatic rings. The summed E-state index contributed by atoms with van der Waals surface area (Å²) in [5, 5.41) is 0. The Kier molecular flexibility index (Phi) is 4.36. The van der Waals surface area contributed by atoms with Gasteiger partial charge < -0.3 is 4.74 Å². The van der Waals surface area contributed by atoms with Crippen LogP contribution < -0.4 is 0 Å². The fourth-order valence-corrected chi connectivity index (χ4v) is 3.51. The molecule has 0 spiro atoms. The number of hydrogen-bond acceptors (Lipinski definition) is 7. The van der Waals surface area contributed by atoms with Crippen LogP contribution in [0.3, 0.4) is 0 Å². The van der Waals surface area contributed by atoms with Crippen LogP contribution in [0.15, 0.2) is 0 Å². The lowest BCUT2D eigenvalue weighted by Gasteiger charge is -2.19. The molecule has 1 aliphatic heterocycles. The molecule has 0 bridgehead atoms. The van der Waals surface area contributed by atoms with Gasteiger partial charge in [-0.2, -0.15) is 12.7 Å². The second-order valence-electron chi connectivity index (χ2n) is 4.03. The van der Waals surface area contributed by atoms with Crippen molar-refractivity contribution in [2.75, 3.05) is 26.2 Å². The molecular formula is C8H15NO7S2. The van der Waals surface area contributed by atoms with Gasteiger partial charge in [-0.25, -0.2) is 8.42 Å². The molecule has 2 atom stereocenters. The van der Waals surface area contributed by atoms with Crippen molar-refractivity contribution in [3.8, 4) is 0 Å². The standard InChI is InChI=1S/C8H15NO7S2/c1-15-8(10)7-4-6(16-18(3,13)14)5-9(7)17(2,11)12/h6-7H,4-5H2,1-3H3/t6-,7-/m0/s1. The first-order valence-electron chi connectivity index (χ1n) is 4.97. The molecule has 10 heteroatoms. The highest BCUT2D eigenvalue weighted by Crippen LogP contribution is 2.24. The number of methoxy groups -OCH3 is 1. The molecule has 0 unspecified atom stereocenters. The van der Waals surface area contributed by atoms with Gasteiger partial charge in [0.15, 0.2) is 0 Å². The zero-order valence-electron chi connectivity index (χ0n) is 10.2. The van der Waals surface area contributed by atoms with Gasteiger partial charge in [-0.15, -0.1) is 0 Å². The summed E-state index contributed by atoms with van der Waals surface area (Å²) < 4.78 is 55.0. The van der Waals surface area contributed by atoms with E-state index in [1.165, 1.54) is 0 Å². The van der Waals surface area contributed by atoms with Gasteiger partial charge in [-0.3, -0.25) is 8.98 Å². The number of carbonyl (C=O) groups is 1. The molecule has 0 N–H and O–H groups in total. The monoisotopic (exact) mass is 301 g/mol.